The Morgan fingerprint density at radius 1 is 1.19 bits per heavy atom. The lowest BCUT2D eigenvalue weighted by atomic mass is 10.1. The number of rotatable bonds is 4. The third kappa shape index (κ3) is 3.30. The lowest BCUT2D eigenvalue weighted by molar-refractivity contribution is 0.122. The van der Waals surface area contributed by atoms with Crippen LogP contribution in [0.3, 0.4) is 0 Å². The van der Waals surface area contributed by atoms with Gasteiger partial charge in [0.2, 0.25) is 0 Å². The lowest BCUT2D eigenvalue weighted by Crippen LogP contribution is -2.36. The van der Waals surface area contributed by atoms with Crippen LogP contribution in [0.25, 0.3) is 11.0 Å². The fourth-order valence-electron chi connectivity index (χ4n) is 3.53. The van der Waals surface area contributed by atoms with E-state index in [4.69, 9.17) is 21.3 Å². The number of aromatic nitrogens is 2. The van der Waals surface area contributed by atoms with Crippen LogP contribution in [0.1, 0.15) is 17.0 Å². The van der Waals surface area contributed by atoms with Gasteiger partial charge in [-0.15, -0.1) is 0 Å². The van der Waals surface area contributed by atoms with Crippen LogP contribution >= 0.6 is 11.6 Å². The summed E-state index contributed by atoms with van der Waals surface area (Å²) in [5.41, 5.74) is 5.00. The molecule has 1 aromatic heterocycles. The largest absolute Gasteiger partial charge is 0.392 e. The molecular formula is C20H22ClN3O2. The molecule has 1 aliphatic rings. The summed E-state index contributed by atoms with van der Waals surface area (Å²) in [6.07, 6.45) is 0. The van der Waals surface area contributed by atoms with E-state index in [-0.39, 0.29) is 6.61 Å². The number of imidazole rings is 1. The molecule has 0 aliphatic carbocycles. The maximum atomic E-state index is 9.87. The topological polar surface area (TPSA) is 50.5 Å². The number of anilines is 1. The van der Waals surface area contributed by atoms with Gasteiger partial charge in [-0.2, -0.15) is 0 Å². The zero-order valence-corrected chi connectivity index (χ0v) is 15.5. The third-order valence-corrected chi connectivity index (χ3v) is 5.12. The van der Waals surface area contributed by atoms with E-state index in [9.17, 15) is 5.11 Å². The maximum Gasteiger partial charge on any atom is 0.107 e. The quantitative estimate of drug-likeness (QED) is 0.764. The van der Waals surface area contributed by atoms with Crippen molar-refractivity contribution in [3.63, 3.8) is 0 Å². The van der Waals surface area contributed by atoms with Gasteiger partial charge in [0.25, 0.3) is 0 Å². The molecule has 0 amide bonds. The molecule has 1 fully saturated rings. The fourth-order valence-corrected chi connectivity index (χ4v) is 3.75. The van der Waals surface area contributed by atoms with Crippen LogP contribution in [0.15, 0.2) is 36.4 Å². The zero-order chi connectivity index (χ0) is 18.1. The standard InChI is InChI=1S/C20H22ClN3O2/c1-14-22-20-16(13-25)10-18(23-5-7-26-8-6-23)11-19(20)24(14)12-15-3-2-4-17(21)9-15/h2-4,9-11,25H,5-8,12-13H2,1H3. The predicted molar refractivity (Wildman–Crippen MR) is 104 cm³/mol. The molecule has 2 heterocycles. The molecule has 136 valence electrons. The zero-order valence-electron chi connectivity index (χ0n) is 14.8. The normalized spacial score (nSPS) is 15.0. The SMILES string of the molecule is Cc1nc2c(CO)cc(N3CCOCC3)cc2n1Cc1cccc(Cl)c1. The molecule has 1 aliphatic heterocycles. The van der Waals surface area contributed by atoms with Crippen molar-refractivity contribution in [3.8, 4) is 0 Å². The predicted octanol–water partition coefficient (Wildman–Crippen LogP) is 3.38. The summed E-state index contributed by atoms with van der Waals surface area (Å²) < 4.78 is 7.65. The van der Waals surface area contributed by atoms with Gasteiger partial charge in [-0.05, 0) is 36.8 Å². The van der Waals surface area contributed by atoms with Gasteiger partial charge < -0.3 is 19.3 Å². The first-order chi connectivity index (χ1) is 12.7. The van der Waals surface area contributed by atoms with Crippen molar-refractivity contribution in [3.05, 3.63) is 58.4 Å². The fraction of sp³-hybridized carbons (Fsp3) is 0.350. The molecule has 0 saturated carbocycles. The number of hydrogen-bond donors (Lipinski definition) is 1. The van der Waals surface area contributed by atoms with Gasteiger partial charge in [0.1, 0.15) is 5.82 Å². The van der Waals surface area contributed by atoms with Crippen molar-refractivity contribution in [1.29, 1.82) is 0 Å². The second-order valence-electron chi connectivity index (χ2n) is 6.61. The average molecular weight is 372 g/mol. The number of nitrogens with zero attached hydrogens (tertiary/aromatic N) is 3. The molecule has 26 heavy (non-hydrogen) atoms. The number of ether oxygens (including phenoxy) is 1. The number of aliphatic hydroxyl groups is 1. The second-order valence-corrected chi connectivity index (χ2v) is 7.04. The van der Waals surface area contributed by atoms with Gasteiger partial charge in [0, 0.05) is 35.9 Å². The van der Waals surface area contributed by atoms with E-state index < -0.39 is 0 Å². The summed E-state index contributed by atoms with van der Waals surface area (Å²) in [7, 11) is 0. The van der Waals surface area contributed by atoms with E-state index in [2.05, 4.69) is 21.6 Å². The van der Waals surface area contributed by atoms with E-state index in [0.717, 1.165) is 65.0 Å². The number of fused-ring (bicyclic) bond motifs is 1. The Morgan fingerprint density at radius 3 is 2.73 bits per heavy atom. The molecule has 6 heteroatoms. The van der Waals surface area contributed by atoms with Crippen LogP contribution in [-0.2, 0) is 17.9 Å². The number of benzene rings is 2. The van der Waals surface area contributed by atoms with E-state index in [1.165, 1.54) is 0 Å². The Hall–Kier alpha value is -2.08. The highest BCUT2D eigenvalue weighted by Gasteiger charge is 2.17. The molecule has 0 spiro atoms. The molecule has 2 aromatic carbocycles. The summed E-state index contributed by atoms with van der Waals surface area (Å²) in [5.74, 6) is 0.925. The molecule has 0 atom stereocenters. The monoisotopic (exact) mass is 371 g/mol. The van der Waals surface area contributed by atoms with Gasteiger partial charge in [0.15, 0.2) is 0 Å². The summed E-state index contributed by atoms with van der Waals surface area (Å²) in [6, 6.07) is 12.1. The highest BCUT2D eigenvalue weighted by molar-refractivity contribution is 6.30. The van der Waals surface area contributed by atoms with Crippen LogP contribution < -0.4 is 4.90 Å². The van der Waals surface area contributed by atoms with Crippen molar-refractivity contribution < 1.29 is 9.84 Å². The number of aliphatic hydroxyl groups excluding tert-OH is 1. The molecular weight excluding hydrogens is 350 g/mol. The molecule has 4 rings (SSSR count). The van der Waals surface area contributed by atoms with E-state index >= 15 is 0 Å². The highest BCUT2D eigenvalue weighted by atomic mass is 35.5. The van der Waals surface area contributed by atoms with Crippen LogP contribution in [0.2, 0.25) is 5.02 Å². The Kier molecular flexibility index (Phi) is 4.85. The van der Waals surface area contributed by atoms with Crippen molar-refractivity contribution in [1.82, 2.24) is 9.55 Å². The summed E-state index contributed by atoms with van der Waals surface area (Å²) in [4.78, 5) is 7.02. The van der Waals surface area contributed by atoms with Crippen LogP contribution in [0.4, 0.5) is 5.69 Å². The van der Waals surface area contributed by atoms with Crippen molar-refractivity contribution >= 4 is 28.3 Å². The first kappa shape index (κ1) is 17.3. The van der Waals surface area contributed by atoms with Gasteiger partial charge in [-0.1, -0.05) is 23.7 Å². The molecule has 0 bridgehead atoms. The van der Waals surface area contributed by atoms with Gasteiger partial charge in [-0.25, -0.2) is 4.98 Å². The molecule has 1 N–H and O–H groups in total. The van der Waals surface area contributed by atoms with Gasteiger partial charge in [-0.3, -0.25) is 0 Å². The maximum absolute atomic E-state index is 9.87. The Labute approximate surface area is 157 Å². The van der Waals surface area contributed by atoms with E-state index in [1.54, 1.807) is 0 Å². The minimum absolute atomic E-state index is 0.0255. The number of halogens is 1. The number of morpholine rings is 1. The smallest absolute Gasteiger partial charge is 0.107 e. The van der Waals surface area contributed by atoms with Gasteiger partial charge in [0.05, 0.1) is 30.9 Å². The summed E-state index contributed by atoms with van der Waals surface area (Å²) in [5, 5.41) is 10.6. The average Bonchev–Trinajstić information content (AvgIpc) is 2.97. The highest BCUT2D eigenvalue weighted by Crippen LogP contribution is 2.28. The van der Waals surface area contributed by atoms with Crippen molar-refractivity contribution in [2.75, 3.05) is 31.2 Å². The third-order valence-electron chi connectivity index (χ3n) is 4.88. The van der Waals surface area contributed by atoms with Gasteiger partial charge >= 0.3 is 0 Å². The van der Waals surface area contributed by atoms with E-state index in [1.807, 2.05) is 31.2 Å². The Morgan fingerprint density at radius 2 is 2.00 bits per heavy atom. The first-order valence-electron chi connectivity index (χ1n) is 8.83. The van der Waals surface area contributed by atoms with Crippen LogP contribution in [0, 0.1) is 6.92 Å². The van der Waals surface area contributed by atoms with Crippen LogP contribution in [-0.4, -0.2) is 41.0 Å². The van der Waals surface area contributed by atoms with Crippen molar-refractivity contribution in [2.45, 2.75) is 20.1 Å². The minimum Gasteiger partial charge on any atom is -0.392 e. The number of hydrogen-bond acceptors (Lipinski definition) is 4. The molecule has 0 radical (unpaired) electrons. The Bertz CT molecular complexity index is 932. The Balaban J connectivity index is 1.80. The second kappa shape index (κ2) is 7.27. The molecule has 1 saturated heterocycles. The minimum atomic E-state index is -0.0255. The molecule has 5 nitrogen and oxygen atoms in total. The molecule has 0 unspecified atom stereocenters. The van der Waals surface area contributed by atoms with E-state index in [0.29, 0.717) is 6.54 Å². The summed E-state index contributed by atoms with van der Waals surface area (Å²) >= 11 is 6.14. The van der Waals surface area contributed by atoms with Crippen LogP contribution in [0.5, 0.6) is 0 Å². The molecule has 3 aromatic rings. The summed E-state index contributed by atoms with van der Waals surface area (Å²) in [6.45, 7) is 5.85. The first-order valence-corrected chi connectivity index (χ1v) is 9.21. The lowest BCUT2D eigenvalue weighted by Gasteiger charge is -2.29. The van der Waals surface area contributed by atoms with Crippen molar-refractivity contribution in [2.24, 2.45) is 0 Å². The number of aryl methyl sites for hydroxylation is 1.